The number of anilines is 4. The van der Waals surface area contributed by atoms with Crippen molar-refractivity contribution in [2.75, 3.05) is 41.9 Å². The van der Waals surface area contributed by atoms with Crippen LogP contribution in [0.1, 0.15) is 44.7 Å². The number of methoxy groups -OCH3 is 1. The largest absolute Gasteiger partial charge is 0.497 e. The first-order valence-corrected chi connectivity index (χ1v) is 12.3. The summed E-state index contributed by atoms with van der Waals surface area (Å²) in [7, 11) is 1.70. The van der Waals surface area contributed by atoms with Crippen molar-refractivity contribution in [1.82, 2.24) is 9.97 Å². The number of ether oxygens (including phenoxy) is 1. The maximum absolute atomic E-state index is 5.32. The minimum Gasteiger partial charge on any atom is -0.497 e. The number of aromatic nitrogens is 2. The summed E-state index contributed by atoms with van der Waals surface area (Å²) in [6, 6.07) is 16.9. The van der Waals surface area contributed by atoms with Gasteiger partial charge in [-0.05, 0) is 81.1 Å². The number of piperazine rings is 1. The van der Waals surface area contributed by atoms with Crippen molar-refractivity contribution in [3.8, 4) is 5.75 Å². The number of nitrogens with one attached hydrogen (secondary N) is 1. The lowest BCUT2D eigenvalue weighted by Crippen LogP contribution is -2.60. The second kappa shape index (κ2) is 10.3. The first-order chi connectivity index (χ1) is 16.4. The fourth-order valence-electron chi connectivity index (χ4n) is 4.68. The summed E-state index contributed by atoms with van der Waals surface area (Å²) in [5, 5.41) is 3.50. The zero-order chi connectivity index (χ0) is 24.1. The van der Waals surface area contributed by atoms with Gasteiger partial charge in [-0.2, -0.15) is 4.98 Å². The van der Waals surface area contributed by atoms with Crippen LogP contribution in [0, 0.1) is 6.92 Å². The zero-order valence-corrected chi connectivity index (χ0v) is 21.1. The number of benzene rings is 2. The molecule has 1 N–H and O–H groups in total. The molecular formula is C28H37N5O. The molecule has 1 aliphatic heterocycles. The van der Waals surface area contributed by atoms with Gasteiger partial charge >= 0.3 is 0 Å². The minimum absolute atomic E-state index is 0.0649. The Hall–Kier alpha value is -3.28. The molecule has 3 aromatic rings. The van der Waals surface area contributed by atoms with Crippen LogP contribution in [0.2, 0.25) is 0 Å². The molecule has 34 heavy (non-hydrogen) atoms. The van der Waals surface area contributed by atoms with Crippen LogP contribution >= 0.6 is 0 Å². The SMILES string of the molecule is CCCCc1ccc(Nc2ccnc(N3CCN(c4ccc(OC)cc4)C(C)(C)C3)n2)c(C)c1. The van der Waals surface area contributed by atoms with Gasteiger partial charge in [0.25, 0.3) is 0 Å². The standard InChI is InChI=1S/C28H37N5O/c1-6-7-8-22-9-14-25(21(2)19-22)30-26-15-16-29-27(31-26)32-17-18-33(28(3,4)20-32)23-10-12-24(34-5)13-11-23/h9-16,19H,6-8,17-18,20H2,1-5H3,(H,29,30,31). The number of aryl methyl sites for hydroxylation is 2. The molecule has 0 saturated carbocycles. The molecule has 0 aliphatic carbocycles. The lowest BCUT2D eigenvalue weighted by atomic mass is 9.98. The van der Waals surface area contributed by atoms with E-state index in [2.05, 4.69) is 78.1 Å². The Morgan fingerprint density at radius 2 is 1.85 bits per heavy atom. The highest BCUT2D eigenvalue weighted by molar-refractivity contribution is 5.62. The molecule has 180 valence electrons. The van der Waals surface area contributed by atoms with E-state index in [1.807, 2.05) is 24.4 Å². The van der Waals surface area contributed by atoms with Gasteiger partial charge in [0, 0.05) is 37.2 Å². The van der Waals surface area contributed by atoms with Crippen LogP contribution in [0.3, 0.4) is 0 Å². The average Bonchev–Trinajstić information content (AvgIpc) is 2.84. The van der Waals surface area contributed by atoms with Gasteiger partial charge in [-0.3, -0.25) is 0 Å². The van der Waals surface area contributed by atoms with Crippen molar-refractivity contribution in [2.24, 2.45) is 0 Å². The van der Waals surface area contributed by atoms with Crippen molar-refractivity contribution < 1.29 is 4.74 Å². The van der Waals surface area contributed by atoms with E-state index in [9.17, 15) is 0 Å². The Kier molecular flexibility index (Phi) is 7.25. The molecule has 0 spiro atoms. The van der Waals surface area contributed by atoms with Crippen molar-refractivity contribution >= 4 is 23.1 Å². The molecular weight excluding hydrogens is 422 g/mol. The smallest absolute Gasteiger partial charge is 0.227 e. The number of hydrogen-bond donors (Lipinski definition) is 1. The maximum atomic E-state index is 5.32. The molecule has 2 heterocycles. The van der Waals surface area contributed by atoms with E-state index in [1.54, 1.807) is 7.11 Å². The molecule has 0 radical (unpaired) electrons. The molecule has 1 aliphatic rings. The topological polar surface area (TPSA) is 53.5 Å². The molecule has 2 aromatic carbocycles. The number of hydrogen-bond acceptors (Lipinski definition) is 6. The van der Waals surface area contributed by atoms with E-state index in [4.69, 9.17) is 9.72 Å². The third-order valence-electron chi connectivity index (χ3n) is 6.58. The highest BCUT2D eigenvalue weighted by atomic mass is 16.5. The predicted octanol–water partition coefficient (Wildman–Crippen LogP) is 5.99. The molecule has 1 aromatic heterocycles. The number of unbranched alkanes of at least 4 members (excludes halogenated alkanes) is 1. The highest BCUT2D eigenvalue weighted by Crippen LogP contribution is 2.31. The third-order valence-corrected chi connectivity index (χ3v) is 6.58. The van der Waals surface area contributed by atoms with Crippen molar-refractivity contribution in [1.29, 1.82) is 0 Å². The predicted molar refractivity (Wildman–Crippen MR) is 142 cm³/mol. The molecule has 4 rings (SSSR count). The quantitative estimate of drug-likeness (QED) is 0.447. The Morgan fingerprint density at radius 1 is 1.06 bits per heavy atom. The van der Waals surface area contributed by atoms with Gasteiger partial charge in [0.15, 0.2) is 0 Å². The van der Waals surface area contributed by atoms with Crippen LogP contribution in [-0.2, 0) is 6.42 Å². The summed E-state index contributed by atoms with van der Waals surface area (Å²) < 4.78 is 5.32. The molecule has 0 unspecified atom stereocenters. The summed E-state index contributed by atoms with van der Waals surface area (Å²) in [5.74, 6) is 2.47. The van der Waals surface area contributed by atoms with Crippen LogP contribution in [0.5, 0.6) is 5.75 Å². The van der Waals surface area contributed by atoms with Gasteiger partial charge in [0.2, 0.25) is 5.95 Å². The molecule has 0 amide bonds. The molecule has 6 nitrogen and oxygen atoms in total. The van der Waals surface area contributed by atoms with Gasteiger partial charge in [-0.25, -0.2) is 4.98 Å². The van der Waals surface area contributed by atoms with Crippen LogP contribution in [0.15, 0.2) is 54.7 Å². The van der Waals surface area contributed by atoms with E-state index in [1.165, 1.54) is 29.7 Å². The fourth-order valence-corrected chi connectivity index (χ4v) is 4.68. The fraction of sp³-hybridized carbons (Fsp3) is 0.429. The second-order valence-corrected chi connectivity index (χ2v) is 9.70. The van der Waals surface area contributed by atoms with E-state index >= 15 is 0 Å². The second-order valence-electron chi connectivity index (χ2n) is 9.70. The van der Waals surface area contributed by atoms with Crippen LogP contribution in [-0.4, -0.2) is 42.3 Å². The Morgan fingerprint density at radius 3 is 2.53 bits per heavy atom. The Bertz CT molecular complexity index is 1100. The normalized spacial score (nSPS) is 15.3. The monoisotopic (exact) mass is 459 g/mol. The summed E-state index contributed by atoms with van der Waals surface area (Å²) in [6.07, 6.45) is 5.42. The molecule has 0 atom stereocenters. The molecule has 1 fully saturated rings. The Balaban J connectivity index is 1.46. The zero-order valence-electron chi connectivity index (χ0n) is 21.1. The molecule has 6 heteroatoms. The number of nitrogens with zero attached hydrogens (tertiary/aromatic N) is 4. The molecule has 0 bridgehead atoms. The van der Waals surface area contributed by atoms with Crippen molar-refractivity contribution in [3.05, 3.63) is 65.9 Å². The summed E-state index contributed by atoms with van der Waals surface area (Å²) >= 11 is 0. The third kappa shape index (κ3) is 5.44. The lowest BCUT2D eigenvalue weighted by Gasteiger charge is -2.48. The van der Waals surface area contributed by atoms with Crippen molar-refractivity contribution in [3.63, 3.8) is 0 Å². The van der Waals surface area contributed by atoms with Crippen molar-refractivity contribution in [2.45, 2.75) is 52.5 Å². The summed E-state index contributed by atoms with van der Waals surface area (Å²) in [5.41, 5.74) is 4.87. The van der Waals surface area contributed by atoms with Gasteiger partial charge < -0.3 is 19.9 Å². The molecule has 1 saturated heterocycles. The summed E-state index contributed by atoms with van der Waals surface area (Å²) in [6.45, 7) is 11.5. The highest BCUT2D eigenvalue weighted by Gasteiger charge is 2.35. The summed E-state index contributed by atoms with van der Waals surface area (Å²) in [4.78, 5) is 14.2. The van der Waals surface area contributed by atoms with Crippen LogP contribution < -0.4 is 19.9 Å². The number of rotatable bonds is 8. The van der Waals surface area contributed by atoms with Gasteiger partial charge in [-0.15, -0.1) is 0 Å². The van der Waals surface area contributed by atoms with E-state index in [-0.39, 0.29) is 5.54 Å². The maximum Gasteiger partial charge on any atom is 0.227 e. The van der Waals surface area contributed by atoms with Gasteiger partial charge in [-0.1, -0.05) is 25.5 Å². The minimum atomic E-state index is -0.0649. The van der Waals surface area contributed by atoms with E-state index in [0.717, 1.165) is 49.3 Å². The lowest BCUT2D eigenvalue weighted by molar-refractivity contribution is 0.408. The van der Waals surface area contributed by atoms with E-state index in [0.29, 0.717) is 0 Å². The van der Waals surface area contributed by atoms with E-state index < -0.39 is 0 Å². The first kappa shape index (κ1) is 23.9. The van der Waals surface area contributed by atoms with Crippen LogP contribution in [0.25, 0.3) is 0 Å². The first-order valence-electron chi connectivity index (χ1n) is 12.3. The van der Waals surface area contributed by atoms with Crippen LogP contribution in [0.4, 0.5) is 23.1 Å². The van der Waals surface area contributed by atoms with Gasteiger partial charge in [0.05, 0.1) is 12.6 Å². The average molecular weight is 460 g/mol. The van der Waals surface area contributed by atoms with Gasteiger partial charge in [0.1, 0.15) is 11.6 Å². The Labute approximate surface area is 204 Å².